The van der Waals surface area contributed by atoms with Crippen molar-refractivity contribution in [3.8, 4) is 6.07 Å². The first-order valence-electron chi connectivity index (χ1n) is 4.86. The fourth-order valence-corrected chi connectivity index (χ4v) is 1.24. The number of nitrogens with zero attached hydrogens (tertiary/aromatic N) is 3. The molecule has 15 heavy (non-hydrogen) atoms. The Balaban J connectivity index is 2.70. The van der Waals surface area contributed by atoms with Crippen molar-refractivity contribution in [3.05, 3.63) is 30.1 Å². The molecule has 0 bridgehead atoms. The maximum absolute atomic E-state index is 11.8. The van der Waals surface area contributed by atoms with Gasteiger partial charge in [-0.05, 0) is 19.1 Å². The van der Waals surface area contributed by atoms with E-state index in [1.54, 1.807) is 29.3 Å². The molecule has 0 saturated carbocycles. The summed E-state index contributed by atoms with van der Waals surface area (Å²) in [6, 6.07) is 7.24. The second-order valence-corrected chi connectivity index (χ2v) is 3.01. The van der Waals surface area contributed by atoms with Gasteiger partial charge in [-0.3, -0.25) is 9.78 Å². The van der Waals surface area contributed by atoms with E-state index in [-0.39, 0.29) is 5.91 Å². The third-order valence-corrected chi connectivity index (χ3v) is 2.05. The molecule has 0 atom stereocenters. The van der Waals surface area contributed by atoms with Crippen LogP contribution >= 0.6 is 0 Å². The van der Waals surface area contributed by atoms with Gasteiger partial charge < -0.3 is 4.90 Å². The number of hydrogen-bond acceptors (Lipinski definition) is 3. The Morgan fingerprint density at radius 2 is 2.40 bits per heavy atom. The van der Waals surface area contributed by atoms with Crippen molar-refractivity contribution in [2.75, 3.05) is 13.1 Å². The van der Waals surface area contributed by atoms with Gasteiger partial charge in [0.2, 0.25) is 0 Å². The molecule has 0 aliphatic carbocycles. The molecular weight excluding hydrogens is 190 g/mol. The van der Waals surface area contributed by atoms with Crippen LogP contribution in [0, 0.1) is 11.3 Å². The molecule has 78 valence electrons. The summed E-state index contributed by atoms with van der Waals surface area (Å²) in [6.07, 6.45) is 1.94. The number of rotatable bonds is 4. The molecule has 1 aromatic heterocycles. The summed E-state index contributed by atoms with van der Waals surface area (Å²) in [6.45, 7) is 2.94. The van der Waals surface area contributed by atoms with Crippen molar-refractivity contribution in [2.24, 2.45) is 0 Å². The van der Waals surface area contributed by atoms with E-state index < -0.39 is 0 Å². The Bertz CT molecular complexity index is 356. The second kappa shape index (κ2) is 5.76. The second-order valence-electron chi connectivity index (χ2n) is 3.01. The van der Waals surface area contributed by atoms with E-state index in [2.05, 4.69) is 4.98 Å². The summed E-state index contributed by atoms with van der Waals surface area (Å²) in [7, 11) is 0. The third-order valence-electron chi connectivity index (χ3n) is 2.05. The van der Waals surface area contributed by atoms with E-state index in [1.807, 2.05) is 13.0 Å². The van der Waals surface area contributed by atoms with Crippen LogP contribution in [-0.2, 0) is 0 Å². The summed E-state index contributed by atoms with van der Waals surface area (Å²) in [5.41, 5.74) is 0.428. The standard InChI is InChI=1S/C11H13N3O/c1-2-14(9-5-7-12)11(15)10-6-3-4-8-13-10/h3-4,6,8H,2,5,9H2,1H3. The fourth-order valence-electron chi connectivity index (χ4n) is 1.24. The van der Waals surface area contributed by atoms with E-state index in [9.17, 15) is 4.79 Å². The number of amides is 1. The number of pyridine rings is 1. The lowest BCUT2D eigenvalue weighted by molar-refractivity contribution is 0.0762. The van der Waals surface area contributed by atoms with E-state index in [0.717, 1.165) is 0 Å². The highest BCUT2D eigenvalue weighted by molar-refractivity contribution is 5.92. The first-order valence-corrected chi connectivity index (χ1v) is 4.86. The van der Waals surface area contributed by atoms with Crippen LogP contribution in [0.5, 0.6) is 0 Å². The molecule has 0 spiro atoms. The normalized spacial score (nSPS) is 9.33. The molecule has 4 heteroatoms. The lowest BCUT2D eigenvalue weighted by atomic mass is 10.3. The summed E-state index contributed by atoms with van der Waals surface area (Å²) in [5, 5.41) is 8.46. The van der Waals surface area contributed by atoms with Gasteiger partial charge in [0.15, 0.2) is 0 Å². The van der Waals surface area contributed by atoms with Crippen molar-refractivity contribution in [2.45, 2.75) is 13.3 Å². The molecule has 0 unspecified atom stereocenters. The van der Waals surface area contributed by atoms with Crippen LogP contribution < -0.4 is 0 Å². The van der Waals surface area contributed by atoms with Crippen LogP contribution in [0.4, 0.5) is 0 Å². The zero-order valence-electron chi connectivity index (χ0n) is 8.68. The van der Waals surface area contributed by atoms with Crippen molar-refractivity contribution >= 4 is 5.91 Å². The maximum Gasteiger partial charge on any atom is 0.272 e. The van der Waals surface area contributed by atoms with Crippen LogP contribution in [0.3, 0.4) is 0 Å². The van der Waals surface area contributed by atoms with E-state index in [0.29, 0.717) is 25.2 Å². The number of aromatic nitrogens is 1. The fraction of sp³-hybridized carbons (Fsp3) is 0.364. The van der Waals surface area contributed by atoms with Gasteiger partial charge in [0.05, 0.1) is 12.5 Å². The van der Waals surface area contributed by atoms with Gasteiger partial charge in [-0.1, -0.05) is 6.07 Å². The van der Waals surface area contributed by atoms with Crippen LogP contribution in [0.15, 0.2) is 24.4 Å². The predicted molar refractivity (Wildman–Crippen MR) is 56.0 cm³/mol. The van der Waals surface area contributed by atoms with Crippen LogP contribution in [0.1, 0.15) is 23.8 Å². The van der Waals surface area contributed by atoms with Gasteiger partial charge in [-0.2, -0.15) is 5.26 Å². The molecule has 0 N–H and O–H groups in total. The molecular formula is C11H13N3O. The summed E-state index contributed by atoms with van der Waals surface area (Å²) in [4.78, 5) is 17.4. The Morgan fingerprint density at radius 3 is 2.93 bits per heavy atom. The Hall–Kier alpha value is -1.89. The lowest BCUT2D eigenvalue weighted by Crippen LogP contribution is -2.32. The molecule has 0 radical (unpaired) electrons. The first-order chi connectivity index (χ1) is 7.29. The van der Waals surface area contributed by atoms with Gasteiger partial charge in [-0.25, -0.2) is 0 Å². The highest BCUT2D eigenvalue weighted by Gasteiger charge is 2.13. The highest BCUT2D eigenvalue weighted by Crippen LogP contribution is 2.01. The molecule has 0 saturated heterocycles. The van der Waals surface area contributed by atoms with Crippen molar-refractivity contribution in [3.63, 3.8) is 0 Å². The Labute approximate surface area is 89.2 Å². The topological polar surface area (TPSA) is 57.0 Å². The van der Waals surface area contributed by atoms with Crippen molar-refractivity contribution < 1.29 is 4.79 Å². The maximum atomic E-state index is 11.8. The zero-order chi connectivity index (χ0) is 11.1. The zero-order valence-corrected chi connectivity index (χ0v) is 8.68. The minimum atomic E-state index is -0.117. The van der Waals surface area contributed by atoms with Gasteiger partial charge in [0.25, 0.3) is 5.91 Å². The quantitative estimate of drug-likeness (QED) is 0.744. The molecule has 1 aromatic rings. The lowest BCUT2D eigenvalue weighted by Gasteiger charge is -2.18. The summed E-state index contributed by atoms with van der Waals surface area (Å²) < 4.78 is 0. The molecule has 0 aromatic carbocycles. The van der Waals surface area contributed by atoms with Crippen molar-refractivity contribution in [1.82, 2.24) is 9.88 Å². The van der Waals surface area contributed by atoms with Gasteiger partial charge >= 0.3 is 0 Å². The third kappa shape index (κ3) is 3.06. The van der Waals surface area contributed by atoms with Gasteiger partial charge in [0.1, 0.15) is 5.69 Å². The molecule has 0 fully saturated rings. The van der Waals surface area contributed by atoms with Gasteiger partial charge in [0, 0.05) is 19.3 Å². The number of nitriles is 1. The average Bonchev–Trinajstić information content (AvgIpc) is 2.31. The average molecular weight is 203 g/mol. The van der Waals surface area contributed by atoms with Gasteiger partial charge in [-0.15, -0.1) is 0 Å². The molecule has 0 aliphatic heterocycles. The van der Waals surface area contributed by atoms with E-state index in [4.69, 9.17) is 5.26 Å². The minimum Gasteiger partial charge on any atom is -0.337 e. The molecule has 0 aliphatic rings. The molecule has 4 nitrogen and oxygen atoms in total. The summed E-state index contributed by atoms with van der Waals surface area (Å²) in [5.74, 6) is -0.117. The monoisotopic (exact) mass is 203 g/mol. The number of carbonyl (C=O) groups excluding carboxylic acids is 1. The van der Waals surface area contributed by atoms with E-state index in [1.165, 1.54) is 0 Å². The number of hydrogen-bond donors (Lipinski definition) is 0. The Morgan fingerprint density at radius 1 is 1.60 bits per heavy atom. The first kappa shape index (κ1) is 11.2. The summed E-state index contributed by atoms with van der Waals surface area (Å²) >= 11 is 0. The van der Waals surface area contributed by atoms with E-state index >= 15 is 0 Å². The SMILES string of the molecule is CCN(CCC#N)C(=O)c1ccccn1. The smallest absolute Gasteiger partial charge is 0.272 e. The Kier molecular flexibility index (Phi) is 4.30. The molecule has 1 heterocycles. The highest BCUT2D eigenvalue weighted by atomic mass is 16.2. The van der Waals surface area contributed by atoms with Crippen LogP contribution in [0.2, 0.25) is 0 Å². The minimum absolute atomic E-state index is 0.117. The largest absolute Gasteiger partial charge is 0.337 e. The molecule has 1 amide bonds. The molecule has 1 rings (SSSR count). The van der Waals surface area contributed by atoms with Crippen LogP contribution in [-0.4, -0.2) is 28.9 Å². The predicted octanol–water partition coefficient (Wildman–Crippen LogP) is 1.46. The number of carbonyl (C=O) groups is 1. The van der Waals surface area contributed by atoms with Crippen LogP contribution in [0.25, 0.3) is 0 Å². The van der Waals surface area contributed by atoms with Crippen molar-refractivity contribution in [1.29, 1.82) is 5.26 Å².